The zero-order chi connectivity index (χ0) is 57.9. The Bertz CT molecular complexity index is 2660. The number of hydrogen-bond donors (Lipinski definition) is 11. The van der Waals surface area contributed by atoms with Crippen molar-refractivity contribution in [1.82, 2.24) is 36.9 Å². The number of nitrogens with one attached hydrogen (secondary N) is 7. The predicted molar refractivity (Wildman–Crippen MR) is 272 cm³/mol. The first-order valence-electron chi connectivity index (χ1n) is 24.2. The molecule has 3 aromatic rings. The van der Waals surface area contributed by atoms with E-state index in [1.54, 1.807) is 6.20 Å². The number of aromatic nitrogens is 1. The van der Waals surface area contributed by atoms with Crippen LogP contribution in [0.3, 0.4) is 0 Å². The van der Waals surface area contributed by atoms with E-state index in [1.165, 1.54) is 17.9 Å². The molecule has 77 heavy (non-hydrogen) atoms. The minimum Gasteiger partial charge on any atom is -0.475 e. The summed E-state index contributed by atoms with van der Waals surface area (Å²) in [5.74, 6) is -8.29. The molecule has 7 amide bonds. The molecule has 1 aliphatic heterocycles. The van der Waals surface area contributed by atoms with Crippen LogP contribution in [0.15, 0.2) is 53.7 Å². The number of aromatic amines is 1. The van der Waals surface area contributed by atoms with Gasteiger partial charge in [-0.05, 0) is 75.0 Å². The number of primary amides is 1. The fraction of sp³-hybridized carbons (Fsp3) is 0.511. The van der Waals surface area contributed by atoms with Crippen molar-refractivity contribution >= 4 is 81.2 Å². The number of nitrogens with two attached hydrogens (primary N) is 3. The molecule has 0 radical (unpaired) electrons. The van der Waals surface area contributed by atoms with Crippen LogP contribution in [0.5, 0.6) is 0 Å². The highest BCUT2D eigenvalue weighted by Gasteiger charge is 2.39. The maximum Gasteiger partial charge on any atom is 0.490 e. The highest BCUT2D eigenvalue weighted by atomic mass is 19.4. The number of rotatable bonds is 26. The van der Waals surface area contributed by atoms with Gasteiger partial charge in [-0.2, -0.15) is 13.2 Å². The van der Waals surface area contributed by atoms with Crippen LogP contribution in [-0.2, 0) is 44.8 Å². The number of H-pyrrole nitrogens is 1. The van der Waals surface area contributed by atoms with Crippen LogP contribution in [0, 0.1) is 32.1 Å². The third-order valence-electron chi connectivity index (χ3n) is 11.7. The second-order valence-electron chi connectivity index (χ2n) is 18.8. The number of fused-ring (bicyclic) bond motifs is 1. The maximum absolute atomic E-state index is 14.1. The van der Waals surface area contributed by atoms with Crippen molar-refractivity contribution in [3.05, 3.63) is 74.5 Å². The molecule has 14 N–H and O–H groups in total. The van der Waals surface area contributed by atoms with Crippen molar-refractivity contribution in [1.29, 1.82) is 0 Å². The van der Waals surface area contributed by atoms with Gasteiger partial charge in [0, 0.05) is 42.7 Å². The number of anilines is 1. The molecule has 30 heteroatoms. The number of guanidine groups is 1. The van der Waals surface area contributed by atoms with E-state index in [1.807, 2.05) is 52.0 Å². The number of para-hydroxylation sites is 1. The zero-order valence-corrected chi connectivity index (χ0v) is 42.8. The highest BCUT2D eigenvalue weighted by Crippen LogP contribution is 2.36. The number of benzene rings is 2. The van der Waals surface area contributed by atoms with Crippen LogP contribution in [0.1, 0.15) is 78.7 Å². The van der Waals surface area contributed by atoms with Crippen LogP contribution in [0.2, 0.25) is 0 Å². The largest absolute Gasteiger partial charge is 0.490 e. The lowest BCUT2D eigenvalue weighted by Gasteiger charge is -2.28. The smallest absolute Gasteiger partial charge is 0.475 e. The third kappa shape index (κ3) is 19.9. The minimum absolute atomic E-state index is 0.0147. The van der Waals surface area contributed by atoms with Crippen LogP contribution in [0.25, 0.3) is 10.9 Å². The van der Waals surface area contributed by atoms with Gasteiger partial charge in [0.05, 0.1) is 22.5 Å². The Morgan fingerprint density at radius 1 is 0.805 bits per heavy atom. The van der Waals surface area contributed by atoms with E-state index in [-0.39, 0.29) is 68.7 Å². The summed E-state index contributed by atoms with van der Waals surface area (Å²) in [6, 6.07) is 3.57. The summed E-state index contributed by atoms with van der Waals surface area (Å²) in [6.45, 7) is 8.46. The van der Waals surface area contributed by atoms with E-state index in [0.29, 0.717) is 18.4 Å². The Balaban J connectivity index is 0.00000208. The average molecular weight is 1090 g/mol. The second kappa shape index (κ2) is 28.9. The van der Waals surface area contributed by atoms with Gasteiger partial charge in [-0.15, -0.1) is 0 Å². The van der Waals surface area contributed by atoms with Crippen LogP contribution in [0.4, 0.5) is 30.2 Å². The molecule has 0 saturated carbocycles. The molecule has 0 spiro atoms. The van der Waals surface area contributed by atoms with Crippen LogP contribution in [-0.4, -0.2) is 135 Å². The second-order valence-corrected chi connectivity index (χ2v) is 18.8. The number of nitro groups is 2. The third-order valence-corrected chi connectivity index (χ3v) is 11.7. The summed E-state index contributed by atoms with van der Waals surface area (Å²) >= 11 is 0. The number of carbonyl (C=O) groups excluding carboxylic acids is 7. The van der Waals surface area contributed by atoms with Gasteiger partial charge in [0.25, 0.3) is 11.4 Å². The Morgan fingerprint density at radius 3 is 1.97 bits per heavy atom. The lowest BCUT2D eigenvalue weighted by atomic mass is 10.0. The summed E-state index contributed by atoms with van der Waals surface area (Å²) in [5.41, 5.74) is 16.6. The van der Waals surface area contributed by atoms with Crippen LogP contribution < -0.4 is 54.0 Å². The Kier molecular flexibility index (Phi) is 23.5. The molecule has 27 nitrogen and oxygen atoms in total. The van der Waals surface area contributed by atoms with Crippen molar-refractivity contribution in [2.75, 3.05) is 24.5 Å². The summed E-state index contributed by atoms with van der Waals surface area (Å²) < 4.78 is 31.7. The number of hydrogen-bond acceptors (Lipinski definition) is 14. The normalized spacial score (nSPS) is 15.1. The predicted octanol–water partition coefficient (Wildman–Crippen LogP) is 1.02. The fourth-order valence-corrected chi connectivity index (χ4v) is 8.02. The number of nitrogens with zero attached hydrogens (tertiary/aromatic N) is 4. The van der Waals surface area contributed by atoms with Gasteiger partial charge in [-0.25, -0.2) is 4.79 Å². The van der Waals surface area contributed by atoms with Gasteiger partial charge in [0.1, 0.15) is 41.9 Å². The summed E-state index contributed by atoms with van der Waals surface area (Å²) in [4.78, 5) is 133. The molecule has 4 rings (SSSR count). The number of non-ortho nitro benzene ring substituents is 1. The first-order valence-corrected chi connectivity index (χ1v) is 24.2. The summed E-state index contributed by atoms with van der Waals surface area (Å²) in [7, 11) is 0. The van der Waals surface area contributed by atoms with Gasteiger partial charge in [0.2, 0.25) is 41.4 Å². The lowest BCUT2D eigenvalue weighted by Crippen LogP contribution is -2.58. The molecular weight excluding hydrogens is 1030 g/mol. The first kappa shape index (κ1) is 62.7. The van der Waals surface area contributed by atoms with E-state index in [9.17, 15) is 67.0 Å². The number of carboxylic acids is 1. The van der Waals surface area contributed by atoms with Crippen molar-refractivity contribution in [2.24, 2.45) is 34.0 Å². The van der Waals surface area contributed by atoms with Crippen molar-refractivity contribution in [2.45, 2.75) is 122 Å². The quantitative estimate of drug-likeness (QED) is 0.0176. The van der Waals surface area contributed by atoms with Crippen molar-refractivity contribution in [3.8, 4) is 0 Å². The van der Waals surface area contributed by atoms with Gasteiger partial charge in [0.15, 0.2) is 5.96 Å². The maximum atomic E-state index is 14.1. The molecule has 0 unspecified atom stereocenters. The average Bonchev–Trinajstić information content (AvgIpc) is 4.00. The number of halogens is 3. The molecule has 2 aromatic carbocycles. The van der Waals surface area contributed by atoms with E-state index in [2.05, 4.69) is 41.9 Å². The number of aliphatic imine (C=N–C) groups is 1. The number of amides is 7. The lowest BCUT2D eigenvalue weighted by molar-refractivity contribution is -0.393. The van der Waals surface area contributed by atoms with Gasteiger partial charge >= 0.3 is 12.1 Å². The molecule has 0 aliphatic carbocycles. The summed E-state index contributed by atoms with van der Waals surface area (Å²) in [5, 5.41) is 46.9. The van der Waals surface area contributed by atoms with Gasteiger partial charge in [-0.1, -0.05) is 45.9 Å². The monoisotopic (exact) mass is 1090 g/mol. The molecule has 1 saturated heterocycles. The molecule has 1 aliphatic rings. The Morgan fingerprint density at radius 2 is 1.40 bits per heavy atom. The van der Waals surface area contributed by atoms with Crippen molar-refractivity contribution in [3.63, 3.8) is 0 Å². The number of nitro benzene ring substituents is 2. The van der Waals surface area contributed by atoms with E-state index in [4.69, 9.17) is 27.1 Å². The number of carboxylic acid groups (broad SMARTS) is 1. The SMILES string of the molecule is CC(C)C[C@H](NC(=O)CNC(=O)[C@H](CC(C)C)NC(=O)[C@@H]1CCCN1c1ccc([N+](=O)[O-])cc1[N+](=O)[O-])C(=O)N[C@@H](Cc1c[nH]c2ccccc12)C(=O)N[C@@H](C)C(=O)N[C@H](CCCN=C(N)N)C(N)=O.O=C(O)C(F)(F)F. The van der Waals surface area contributed by atoms with E-state index >= 15 is 0 Å². The standard InChI is InChI=1S/C45H64N14O11.C2HF3O2/c1-24(2)18-32(56-44(66)36-13-9-17-57(36)35-15-14-28(58(67)68)21-37(35)59(69)70)41(63)51-23-38(60)53-33(19-25(3)4)43(65)55-34(20-27-22-50-30-11-7-6-10-29(27)30)42(64)52-26(5)40(62)54-31(39(46)61)12-8-16-49-45(47)48;3-2(4,5)1(6)7/h6-7,10-11,14-15,21-22,24-26,31-34,36,50H,8-9,12-13,16-20,23H2,1-5H3,(H2,46,61)(H,51,63)(H,52,64)(H,53,60)(H,54,62)(H,55,65)(H,56,66)(H4,47,48,49);(H,6,7)/t26-,31+,32-,33-,34-,36-;/m0./s1. The first-order chi connectivity index (χ1) is 36.0. The molecule has 1 aromatic heterocycles. The molecule has 422 valence electrons. The molecule has 0 bridgehead atoms. The fourth-order valence-electron chi connectivity index (χ4n) is 8.02. The molecule has 6 atom stereocenters. The van der Waals surface area contributed by atoms with Crippen molar-refractivity contribution < 1.29 is 66.5 Å². The Hall–Kier alpha value is -8.60. The number of aliphatic carboxylic acids is 1. The van der Waals surface area contributed by atoms with Gasteiger partial charge in [-0.3, -0.25) is 58.8 Å². The highest BCUT2D eigenvalue weighted by molar-refractivity contribution is 5.97. The number of alkyl halides is 3. The van der Waals surface area contributed by atoms with Gasteiger partial charge < -0.3 is 64.1 Å². The topological polar surface area (TPSA) is 425 Å². The zero-order valence-electron chi connectivity index (χ0n) is 42.8. The Labute approximate surface area is 438 Å². The van der Waals surface area contributed by atoms with Crippen LogP contribution >= 0.6 is 0 Å². The minimum atomic E-state index is -5.08. The number of carbonyl (C=O) groups is 8. The summed E-state index contributed by atoms with van der Waals surface area (Å²) in [6.07, 6.45) is -2.02. The van der Waals surface area contributed by atoms with E-state index < -0.39 is 118 Å². The van der Waals surface area contributed by atoms with E-state index in [0.717, 1.165) is 23.0 Å². The molecule has 1 fully saturated rings. The molecular formula is C47H65F3N14O13. The molecule has 2 heterocycles.